The predicted octanol–water partition coefficient (Wildman–Crippen LogP) is 0.919. The average molecular weight is 338 g/mol. The van der Waals surface area contributed by atoms with Gasteiger partial charge in [0.05, 0.1) is 0 Å². The lowest BCUT2D eigenvalue weighted by atomic mass is 10.2. The smallest absolute Gasteiger partial charge is 0.471 e. The molecule has 1 aliphatic heterocycles. The summed E-state index contributed by atoms with van der Waals surface area (Å²) in [7, 11) is 0. The first kappa shape index (κ1) is 20.0. The zero-order valence-electron chi connectivity index (χ0n) is 11.1. The van der Waals surface area contributed by atoms with Gasteiger partial charge in [-0.3, -0.25) is 14.4 Å². The van der Waals surface area contributed by atoms with Gasteiger partial charge < -0.3 is 15.3 Å². The first-order chi connectivity index (χ1) is 9.75. The van der Waals surface area contributed by atoms with E-state index in [9.17, 15) is 35.9 Å². The lowest BCUT2D eigenvalue weighted by molar-refractivity contribution is -0.184. The number of rotatable bonds is 1. The summed E-state index contributed by atoms with van der Waals surface area (Å²) in [5.74, 6) is -5.18. The number of carboxylic acids is 1. The molecule has 22 heavy (non-hydrogen) atoms. The summed E-state index contributed by atoms with van der Waals surface area (Å²) in [5.41, 5.74) is 0. The van der Waals surface area contributed by atoms with E-state index < -0.39 is 42.7 Å². The lowest BCUT2D eigenvalue weighted by Crippen LogP contribution is -2.46. The van der Waals surface area contributed by atoms with Crippen molar-refractivity contribution < 1.29 is 45.8 Å². The van der Waals surface area contributed by atoms with Crippen LogP contribution in [0, 0.1) is 0 Å². The van der Waals surface area contributed by atoms with Crippen LogP contribution in [-0.2, 0) is 14.4 Å². The van der Waals surface area contributed by atoms with Gasteiger partial charge in [-0.05, 0) is 6.42 Å². The Morgan fingerprint density at radius 3 is 1.91 bits per heavy atom. The van der Waals surface area contributed by atoms with E-state index in [1.54, 1.807) is 0 Å². The first-order valence-corrected chi connectivity index (χ1v) is 5.68. The monoisotopic (exact) mass is 338 g/mol. The Kier molecular flexibility index (Phi) is 6.64. The maximum Gasteiger partial charge on any atom is 0.471 e. The molecule has 1 unspecified atom stereocenters. The summed E-state index contributed by atoms with van der Waals surface area (Å²) in [6, 6.07) is -1.12. The fourth-order valence-corrected chi connectivity index (χ4v) is 1.51. The minimum atomic E-state index is -5.10. The number of halogens is 6. The van der Waals surface area contributed by atoms with Crippen molar-refractivity contribution in [3.8, 4) is 0 Å². The van der Waals surface area contributed by atoms with Crippen LogP contribution in [0.4, 0.5) is 26.3 Å². The molecule has 0 aliphatic carbocycles. The highest BCUT2D eigenvalue weighted by molar-refractivity contribution is 5.83. The maximum atomic E-state index is 12.0. The van der Waals surface area contributed by atoms with Crippen LogP contribution in [0.2, 0.25) is 0 Å². The molecule has 2 N–H and O–H groups in total. The van der Waals surface area contributed by atoms with Crippen LogP contribution in [0.5, 0.6) is 0 Å². The molecule has 0 aromatic rings. The van der Waals surface area contributed by atoms with Crippen molar-refractivity contribution in [1.82, 2.24) is 10.2 Å². The zero-order valence-corrected chi connectivity index (χ0v) is 11.1. The van der Waals surface area contributed by atoms with E-state index in [1.807, 2.05) is 0 Å². The fourth-order valence-electron chi connectivity index (χ4n) is 1.51. The molecule has 0 aromatic heterocycles. The zero-order chi connectivity index (χ0) is 17.7. The molecule has 0 spiro atoms. The number of carboxylic acid groups (broad SMARTS) is 1. The molecule has 12 heteroatoms. The van der Waals surface area contributed by atoms with Crippen molar-refractivity contribution >= 4 is 17.8 Å². The molecule has 1 heterocycles. The van der Waals surface area contributed by atoms with Crippen molar-refractivity contribution in [3.63, 3.8) is 0 Å². The number of nitrogens with zero attached hydrogens (tertiary/aromatic N) is 1. The number of hydrogen-bond acceptors (Lipinski definition) is 3. The SMILES string of the molecule is CC(=O)O.O=C(NC1CCN(C(=O)C(F)(F)F)C1)C(F)(F)F. The van der Waals surface area contributed by atoms with E-state index in [4.69, 9.17) is 9.90 Å². The van der Waals surface area contributed by atoms with Gasteiger partial charge in [0.2, 0.25) is 0 Å². The van der Waals surface area contributed by atoms with Crippen molar-refractivity contribution in [1.29, 1.82) is 0 Å². The molecular formula is C10H12F6N2O4. The topological polar surface area (TPSA) is 86.7 Å². The third kappa shape index (κ3) is 7.13. The second kappa shape index (κ2) is 7.31. The summed E-state index contributed by atoms with van der Waals surface area (Å²) in [4.78, 5) is 30.7. The van der Waals surface area contributed by atoms with Gasteiger partial charge in [0.15, 0.2) is 0 Å². The molecule has 2 amide bonds. The maximum absolute atomic E-state index is 12.0. The van der Waals surface area contributed by atoms with Crippen molar-refractivity contribution in [2.45, 2.75) is 31.7 Å². The summed E-state index contributed by atoms with van der Waals surface area (Å²) < 4.78 is 71.7. The van der Waals surface area contributed by atoms with Crippen LogP contribution in [0.3, 0.4) is 0 Å². The van der Waals surface area contributed by atoms with E-state index in [2.05, 4.69) is 0 Å². The van der Waals surface area contributed by atoms with E-state index >= 15 is 0 Å². The normalized spacial score (nSPS) is 18.3. The standard InChI is InChI=1S/C8H8F6N2O2.C2H4O2/c9-7(10,11)5(17)15-4-1-2-16(3-4)6(18)8(12,13)14;1-2(3)4/h4H,1-3H2,(H,15,17);1H3,(H,3,4). The number of carbonyl (C=O) groups is 3. The van der Waals surface area contributed by atoms with Crippen LogP contribution in [0.1, 0.15) is 13.3 Å². The Labute approximate surface area is 120 Å². The molecule has 0 aromatic carbocycles. The van der Waals surface area contributed by atoms with Crippen LogP contribution in [-0.4, -0.2) is 59.3 Å². The highest BCUT2D eigenvalue weighted by atomic mass is 19.4. The number of hydrogen-bond donors (Lipinski definition) is 2. The van der Waals surface area contributed by atoms with Gasteiger partial charge >= 0.3 is 24.2 Å². The summed E-state index contributed by atoms with van der Waals surface area (Å²) in [5, 5.41) is 8.95. The molecule has 1 rings (SSSR count). The van der Waals surface area contributed by atoms with Gasteiger partial charge in [0, 0.05) is 26.1 Å². The molecule has 0 bridgehead atoms. The van der Waals surface area contributed by atoms with E-state index in [0.29, 0.717) is 4.90 Å². The number of amides is 2. The molecule has 6 nitrogen and oxygen atoms in total. The van der Waals surface area contributed by atoms with Crippen LogP contribution in [0.25, 0.3) is 0 Å². The predicted molar refractivity (Wildman–Crippen MR) is 58.5 cm³/mol. The minimum Gasteiger partial charge on any atom is -0.481 e. The van der Waals surface area contributed by atoms with Gasteiger partial charge in [-0.1, -0.05) is 0 Å². The van der Waals surface area contributed by atoms with E-state index in [-0.39, 0.29) is 13.0 Å². The van der Waals surface area contributed by atoms with Crippen LogP contribution >= 0.6 is 0 Å². The summed E-state index contributed by atoms with van der Waals surface area (Å²) >= 11 is 0. The Balaban J connectivity index is 0.000000980. The van der Waals surface area contributed by atoms with Gasteiger partial charge in [0.1, 0.15) is 0 Å². The molecule has 0 saturated carbocycles. The Morgan fingerprint density at radius 1 is 1.09 bits per heavy atom. The number of nitrogens with one attached hydrogen (secondary N) is 1. The molecule has 1 saturated heterocycles. The number of aliphatic carboxylic acids is 1. The Bertz CT molecular complexity index is 430. The van der Waals surface area contributed by atoms with E-state index in [1.165, 1.54) is 5.32 Å². The first-order valence-electron chi connectivity index (χ1n) is 5.68. The number of alkyl halides is 6. The number of likely N-dealkylation sites (tertiary alicyclic amines) is 1. The van der Waals surface area contributed by atoms with Crippen molar-refractivity contribution in [2.75, 3.05) is 13.1 Å². The highest BCUT2D eigenvalue weighted by Crippen LogP contribution is 2.22. The molecule has 1 fully saturated rings. The molecule has 1 atom stereocenters. The highest BCUT2D eigenvalue weighted by Gasteiger charge is 2.46. The van der Waals surface area contributed by atoms with E-state index in [0.717, 1.165) is 6.92 Å². The van der Waals surface area contributed by atoms with Crippen LogP contribution < -0.4 is 5.32 Å². The second-order valence-electron chi connectivity index (χ2n) is 4.22. The molecule has 1 aliphatic rings. The third-order valence-corrected chi connectivity index (χ3v) is 2.31. The fraction of sp³-hybridized carbons (Fsp3) is 0.700. The van der Waals surface area contributed by atoms with Crippen molar-refractivity contribution in [2.24, 2.45) is 0 Å². The third-order valence-electron chi connectivity index (χ3n) is 2.31. The molecule has 0 radical (unpaired) electrons. The van der Waals surface area contributed by atoms with Crippen LogP contribution in [0.15, 0.2) is 0 Å². The Morgan fingerprint density at radius 2 is 1.55 bits per heavy atom. The minimum absolute atomic E-state index is 0.149. The van der Waals surface area contributed by atoms with Gasteiger partial charge in [-0.2, -0.15) is 26.3 Å². The second-order valence-corrected chi connectivity index (χ2v) is 4.22. The van der Waals surface area contributed by atoms with Crippen molar-refractivity contribution in [3.05, 3.63) is 0 Å². The largest absolute Gasteiger partial charge is 0.481 e. The quantitative estimate of drug-likeness (QED) is 0.696. The molecular weight excluding hydrogens is 326 g/mol. The summed E-state index contributed by atoms with van der Waals surface area (Å²) in [6.07, 6.45) is -10.3. The van der Waals surface area contributed by atoms with Gasteiger partial charge in [-0.25, -0.2) is 0 Å². The molecule has 128 valence electrons. The summed E-state index contributed by atoms with van der Waals surface area (Å²) in [6.45, 7) is 0.154. The van der Waals surface area contributed by atoms with Gasteiger partial charge in [0.25, 0.3) is 5.97 Å². The Hall–Kier alpha value is -2.01. The average Bonchev–Trinajstić information content (AvgIpc) is 2.73. The number of carbonyl (C=O) groups excluding carboxylic acids is 2. The lowest BCUT2D eigenvalue weighted by Gasteiger charge is -2.18. The van der Waals surface area contributed by atoms with Gasteiger partial charge in [-0.15, -0.1) is 0 Å².